The van der Waals surface area contributed by atoms with Gasteiger partial charge in [0.25, 0.3) is 0 Å². The largest absolute Gasteiger partial charge is 0.296 e. The Kier molecular flexibility index (Phi) is 2.62. The van der Waals surface area contributed by atoms with Gasteiger partial charge in [0.1, 0.15) is 5.82 Å². The number of nitrogens with zero attached hydrogens (tertiary/aromatic N) is 2. The van der Waals surface area contributed by atoms with Crippen molar-refractivity contribution in [2.45, 2.75) is 13.2 Å². The second kappa shape index (κ2) is 9.46. The molecule has 194 valence electrons. The highest BCUT2D eigenvalue weighted by atomic mass is 15.1. The topological polar surface area (TPSA) is 17.8 Å². The summed E-state index contributed by atoms with van der Waals surface area (Å²) in [6.07, 6.45) is -2.92. The first-order valence-electron chi connectivity index (χ1n) is 22.1. The lowest BCUT2D eigenvalue weighted by Crippen LogP contribution is -2.00. The summed E-state index contributed by atoms with van der Waals surface area (Å²) < 4.78 is 166. The molecule has 0 unspecified atom stereocenters. The van der Waals surface area contributed by atoms with E-state index >= 15 is 0 Å². The van der Waals surface area contributed by atoms with Gasteiger partial charge in [-0.05, 0) is 84.9 Å². The fourth-order valence-electron chi connectivity index (χ4n) is 5.31. The molecule has 0 amide bonds. The Morgan fingerprint density at radius 3 is 1.95 bits per heavy atom. The second-order valence-corrected chi connectivity index (χ2v) is 9.28. The molecule has 0 spiro atoms. The second-order valence-electron chi connectivity index (χ2n) is 9.28. The molecule has 0 fully saturated rings. The molecular formula is C39H28N2. The Bertz CT molecular complexity index is 3120. The first-order chi connectivity index (χ1) is 28.0. The fraction of sp³-hybridized carbons (Fsp3) is 0.0513. The Morgan fingerprint density at radius 1 is 0.659 bits per heavy atom. The first-order valence-corrected chi connectivity index (χ1v) is 12.6. The van der Waals surface area contributed by atoms with Gasteiger partial charge in [-0.2, -0.15) is 0 Å². The van der Waals surface area contributed by atoms with Gasteiger partial charge in [0.05, 0.1) is 30.2 Å². The lowest BCUT2D eigenvalue weighted by Gasteiger charge is -2.18. The van der Waals surface area contributed by atoms with Gasteiger partial charge in [0.2, 0.25) is 0 Å². The minimum Gasteiger partial charge on any atom is -0.296 e. The summed E-state index contributed by atoms with van der Waals surface area (Å²) in [7, 11) is 0. The Labute approximate surface area is 265 Å². The molecule has 41 heavy (non-hydrogen) atoms. The number of aromatic nitrogens is 2. The van der Waals surface area contributed by atoms with Crippen LogP contribution in [0.2, 0.25) is 0 Å². The van der Waals surface area contributed by atoms with Gasteiger partial charge in [-0.3, -0.25) is 4.57 Å². The molecule has 0 aliphatic carbocycles. The van der Waals surface area contributed by atoms with Gasteiger partial charge in [-0.25, -0.2) is 4.98 Å². The van der Waals surface area contributed by atoms with Crippen LogP contribution in [0.4, 0.5) is 0 Å². The van der Waals surface area contributed by atoms with Crippen molar-refractivity contribution in [3.8, 4) is 27.9 Å². The molecule has 2 nitrogen and oxygen atoms in total. The van der Waals surface area contributed by atoms with E-state index in [0.29, 0.717) is 11.0 Å². The smallest absolute Gasteiger partial charge is 0.114 e. The molecule has 0 saturated heterocycles. The van der Waals surface area contributed by atoms with E-state index in [4.69, 9.17) is 19.2 Å². The van der Waals surface area contributed by atoms with Gasteiger partial charge < -0.3 is 0 Å². The summed E-state index contributed by atoms with van der Waals surface area (Å²) in [4.78, 5) is 4.35. The van der Waals surface area contributed by atoms with Crippen molar-refractivity contribution >= 4 is 43.4 Å². The van der Waals surface area contributed by atoms with E-state index in [1.807, 2.05) is 0 Å². The molecule has 0 radical (unpaired) electrons. The normalized spacial score (nSPS) is 18.9. The van der Waals surface area contributed by atoms with Crippen LogP contribution in [-0.2, 0) is 6.37 Å². The average molecular weight is 544 g/mol. The van der Waals surface area contributed by atoms with Crippen LogP contribution in [0.25, 0.3) is 71.3 Å². The molecule has 0 atom stereocenters. The third-order valence-electron chi connectivity index (χ3n) is 7.06. The van der Waals surface area contributed by atoms with Crippen molar-refractivity contribution < 1.29 is 26.0 Å². The van der Waals surface area contributed by atoms with Gasteiger partial charge >= 0.3 is 0 Å². The third-order valence-corrected chi connectivity index (χ3v) is 7.06. The summed E-state index contributed by atoms with van der Waals surface area (Å²) in [5.41, 5.74) is 0.451. The Morgan fingerprint density at radius 2 is 1.27 bits per heavy atom. The predicted octanol–water partition coefficient (Wildman–Crippen LogP) is 10.4. The van der Waals surface area contributed by atoms with Crippen molar-refractivity contribution in [3.63, 3.8) is 0 Å². The number of fused-ring (bicyclic) bond motifs is 4. The average Bonchev–Trinajstić information content (AvgIpc) is 3.62. The Hall–Kier alpha value is -5.21. The molecule has 2 heteroatoms. The van der Waals surface area contributed by atoms with Crippen molar-refractivity contribution in [1.82, 2.24) is 9.55 Å². The van der Waals surface area contributed by atoms with E-state index in [1.165, 1.54) is 34.9 Å². The van der Waals surface area contributed by atoms with Gasteiger partial charge in [0, 0.05) is 18.9 Å². The van der Waals surface area contributed by atoms with E-state index < -0.39 is 104 Å². The van der Waals surface area contributed by atoms with Gasteiger partial charge in [0.15, 0.2) is 0 Å². The highest BCUT2D eigenvalue weighted by molar-refractivity contribution is 6.21. The lowest BCUT2D eigenvalue weighted by molar-refractivity contribution is 0.908. The summed E-state index contributed by atoms with van der Waals surface area (Å²) in [6, 6.07) is 4.53. The quantitative estimate of drug-likeness (QED) is 0.202. The van der Waals surface area contributed by atoms with Crippen LogP contribution in [-0.4, -0.2) is 9.55 Å². The summed E-state index contributed by atoms with van der Waals surface area (Å²) >= 11 is 0. The molecular weight excluding hydrogens is 496 g/mol. The molecule has 8 aromatic rings. The number of aryl methyl sites for hydroxylation is 1. The molecule has 1 heterocycles. The van der Waals surface area contributed by atoms with Crippen LogP contribution in [0.15, 0.2) is 139 Å². The van der Waals surface area contributed by atoms with Crippen molar-refractivity contribution in [3.05, 3.63) is 145 Å². The van der Waals surface area contributed by atoms with E-state index in [1.54, 1.807) is 24.3 Å². The van der Waals surface area contributed by atoms with Crippen LogP contribution >= 0.6 is 0 Å². The third kappa shape index (κ3) is 3.76. The number of hydrogen-bond donors (Lipinski definition) is 0. The number of rotatable bonds is 4. The highest BCUT2D eigenvalue weighted by Crippen LogP contribution is 2.44. The molecule has 0 saturated carbocycles. The molecule has 1 aromatic heterocycles. The summed E-state index contributed by atoms with van der Waals surface area (Å²) in [6.45, 7) is -3.12. The minimum absolute atomic E-state index is 0.0665. The maximum absolute atomic E-state index is 9.24. The van der Waals surface area contributed by atoms with Gasteiger partial charge in [-0.15, -0.1) is 0 Å². The molecule has 8 rings (SSSR count). The van der Waals surface area contributed by atoms with Crippen LogP contribution in [0, 0.1) is 0 Å². The SMILES string of the molecule is [2H]c1c([2H])c([2H])c2c([2H])c([2H])c(-c3c4c([2H])c([2H])c([2H])c([2H])c4c(-c4ccc(-n5c(C([2H])([2H])C([2H])([2H])[2H])nc6ccccc65)cc4)c4c([2H])c([2H])c([2H])c([2H])c34)cc2c1[2H]. The first kappa shape index (κ1) is 11.3. The zero-order chi connectivity index (χ0) is 43.8. The molecule has 0 aliphatic heterocycles. The maximum Gasteiger partial charge on any atom is 0.114 e. The molecule has 0 N–H and O–H groups in total. The van der Waals surface area contributed by atoms with Crippen molar-refractivity contribution in [1.29, 1.82) is 0 Å². The molecule has 0 bridgehead atoms. The minimum atomic E-state index is -3.12. The van der Waals surface area contributed by atoms with Gasteiger partial charge in [-0.1, -0.05) is 116 Å². The number of para-hydroxylation sites is 2. The van der Waals surface area contributed by atoms with Crippen molar-refractivity contribution in [2.75, 3.05) is 0 Å². The van der Waals surface area contributed by atoms with E-state index in [9.17, 15) is 6.85 Å². The maximum atomic E-state index is 9.24. The monoisotopic (exact) mass is 543 g/mol. The van der Waals surface area contributed by atoms with Crippen molar-refractivity contribution in [2.24, 2.45) is 0 Å². The zero-order valence-corrected chi connectivity index (χ0v) is 21.1. The predicted molar refractivity (Wildman–Crippen MR) is 174 cm³/mol. The fourth-order valence-corrected chi connectivity index (χ4v) is 5.31. The molecule has 7 aromatic carbocycles. The van der Waals surface area contributed by atoms with Crippen LogP contribution in [0.1, 0.15) is 38.7 Å². The highest BCUT2D eigenvalue weighted by Gasteiger charge is 2.17. The number of hydrogen-bond acceptors (Lipinski definition) is 1. The standard InChI is InChI=1S/C39H28N2/c1-2-37-40-35-17-9-10-18-36(35)41(37)30-23-21-27(22-24-30)38-31-13-5-7-15-33(31)39(34-16-8-6-14-32(34)38)29-20-19-26-11-3-4-12-28(26)25-29/h3-25H,2H2,1H3/i1D3,2D2,3D,4D,5D,6D,7D,8D,11D,12D,13D,14D,15D,16D,19D,20D. The van der Waals surface area contributed by atoms with Crippen LogP contribution in [0.5, 0.6) is 0 Å². The summed E-state index contributed by atoms with van der Waals surface area (Å²) in [5, 5.41) is -1.53. The van der Waals surface area contributed by atoms with Crippen LogP contribution in [0.3, 0.4) is 0 Å². The van der Waals surface area contributed by atoms with E-state index in [0.717, 1.165) is 0 Å². The number of benzene rings is 7. The van der Waals surface area contributed by atoms with E-state index in [-0.39, 0.29) is 60.3 Å². The molecule has 0 aliphatic rings. The number of imidazole rings is 1. The Balaban J connectivity index is 1.55. The lowest BCUT2D eigenvalue weighted by atomic mass is 9.85. The van der Waals surface area contributed by atoms with E-state index in [2.05, 4.69) is 4.98 Å². The zero-order valence-electron chi connectivity index (χ0n) is 40.1. The van der Waals surface area contributed by atoms with Crippen LogP contribution < -0.4 is 0 Å². The summed E-state index contributed by atoms with van der Waals surface area (Å²) in [5.74, 6) is -0.417.